The van der Waals surface area contributed by atoms with Crippen LogP contribution in [0.1, 0.15) is 29.8 Å². The SMILES string of the molecule is CCOc1ccc(OCC)c(SC(=O)c2ccc(C=[N+]=[N-])cc2)c1.[Cl-].[Cl-].[Zn+2]. The summed E-state index contributed by atoms with van der Waals surface area (Å²) >= 11 is 1.10. The van der Waals surface area contributed by atoms with Crippen molar-refractivity contribution in [2.75, 3.05) is 13.2 Å². The Morgan fingerprint density at radius 2 is 1.70 bits per heavy atom. The molecule has 0 aliphatic heterocycles. The predicted molar refractivity (Wildman–Crippen MR) is 94.2 cm³/mol. The molecule has 27 heavy (non-hydrogen) atoms. The average Bonchev–Trinajstić information content (AvgIpc) is 2.58. The van der Waals surface area contributed by atoms with Gasteiger partial charge >= 0.3 is 19.5 Å². The van der Waals surface area contributed by atoms with E-state index >= 15 is 0 Å². The Hall–Kier alpha value is -1.36. The summed E-state index contributed by atoms with van der Waals surface area (Å²) in [4.78, 5) is 16.2. The molecule has 140 valence electrons. The van der Waals surface area contributed by atoms with Crippen LogP contribution in [0.15, 0.2) is 47.4 Å². The molecule has 9 heteroatoms. The van der Waals surface area contributed by atoms with Crippen molar-refractivity contribution in [3.63, 3.8) is 0 Å². The monoisotopic (exact) mass is 476 g/mol. The van der Waals surface area contributed by atoms with E-state index in [1.807, 2.05) is 32.0 Å². The summed E-state index contributed by atoms with van der Waals surface area (Å²) in [5.74, 6) is 1.36. The van der Waals surface area contributed by atoms with Crippen LogP contribution in [0.5, 0.6) is 11.5 Å². The molecular formula is C18H18Cl2N2O3SZn. The molecule has 0 unspecified atom stereocenters. The maximum absolute atomic E-state index is 12.5. The predicted octanol–water partition coefficient (Wildman–Crippen LogP) is -1.93. The summed E-state index contributed by atoms with van der Waals surface area (Å²) in [7, 11) is 0. The second-order valence-corrected chi connectivity index (χ2v) is 5.75. The Morgan fingerprint density at radius 1 is 1.07 bits per heavy atom. The van der Waals surface area contributed by atoms with Gasteiger partial charge in [0.2, 0.25) is 5.12 Å². The molecule has 0 aliphatic rings. The van der Waals surface area contributed by atoms with Crippen LogP contribution in [-0.2, 0) is 19.5 Å². The van der Waals surface area contributed by atoms with Gasteiger partial charge in [0.25, 0.3) is 6.21 Å². The van der Waals surface area contributed by atoms with Crippen molar-refractivity contribution in [3.8, 4) is 11.5 Å². The van der Waals surface area contributed by atoms with Gasteiger partial charge in [0.15, 0.2) is 0 Å². The van der Waals surface area contributed by atoms with Gasteiger partial charge in [-0.2, -0.15) is 4.79 Å². The van der Waals surface area contributed by atoms with Crippen LogP contribution in [0, 0.1) is 0 Å². The zero-order valence-electron chi connectivity index (χ0n) is 15.0. The molecule has 0 fully saturated rings. The maximum Gasteiger partial charge on any atom is 2.00 e. The van der Waals surface area contributed by atoms with Gasteiger partial charge in [-0.15, -0.1) is 0 Å². The third kappa shape index (κ3) is 8.46. The van der Waals surface area contributed by atoms with Crippen molar-refractivity contribution in [3.05, 3.63) is 59.1 Å². The molecule has 0 atom stereocenters. The number of rotatable bonds is 7. The summed E-state index contributed by atoms with van der Waals surface area (Å²) in [5, 5.41) is -0.0999. The molecule has 2 rings (SSSR count). The molecule has 0 saturated carbocycles. The number of benzene rings is 2. The molecule has 0 spiro atoms. The van der Waals surface area contributed by atoms with Crippen LogP contribution in [0.2, 0.25) is 0 Å². The van der Waals surface area contributed by atoms with E-state index in [1.54, 1.807) is 24.3 Å². The quantitative estimate of drug-likeness (QED) is 0.153. The van der Waals surface area contributed by atoms with Gasteiger partial charge in [-0.05, 0) is 68.1 Å². The molecule has 0 saturated heterocycles. The standard InChI is InChI=1S/C18H18N2O3S.2ClH.Zn/c1-3-22-15-9-10-16(23-4-2)17(11-15)24-18(21)14-7-5-13(6-8-14)12-20-19;;;/h5-12H,3-4H2,1-2H3;2*1H;/q;;;+2/p-2. The topological polar surface area (TPSA) is 71.9 Å². The summed E-state index contributed by atoms with van der Waals surface area (Å²) in [5.41, 5.74) is 9.79. The minimum Gasteiger partial charge on any atom is -1.00 e. The fraction of sp³-hybridized carbons (Fsp3) is 0.222. The first kappa shape index (κ1) is 27.9. The first-order valence-electron chi connectivity index (χ1n) is 7.57. The zero-order valence-corrected chi connectivity index (χ0v) is 20.3. The number of thioether (sulfide) groups is 1. The first-order valence-corrected chi connectivity index (χ1v) is 8.38. The number of ether oxygens (including phenoxy) is 2. The molecule has 0 aromatic heterocycles. The molecule has 0 N–H and O–H groups in total. The van der Waals surface area contributed by atoms with Gasteiger partial charge in [0.05, 0.1) is 23.7 Å². The summed E-state index contributed by atoms with van der Waals surface area (Å²) < 4.78 is 11.1. The molecule has 2 aromatic carbocycles. The van der Waals surface area contributed by atoms with Gasteiger partial charge in [0.1, 0.15) is 11.5 Å². The van der Waals surface area contributed by atoms with Crippen molar-refractivity contribution in [1.82, 2.24) is 0 Å². The third-order valence-corrected chi connectivity index (χ3v) is 4.04. The van der Waals surface area contributed by atoms with E-state index < -0.39 is 0 Å². The van der Waals surface area contributed by atoms with Crippen LogP contribution >= 0.6 is 11.8 Å². The van der Waals surface area contributed by atoms with E-state index in [0.29, 0.717) is 40.7 Å². The molecule has 0 heterocycles. The summed E-state index contributed by atoms with van der Waals surface area (Å²) in [6.45, 7) is 4.88. The number of carbonyl (C=O) groups is 1. The third-order valence-electron chi connectivity index (χ3n) is 3.08. The van der Waals surface area contributed by atoms with Crippen molar-refractivity contribution >= 4 is 23.1 Å². The minimum absolute atomic E-state index is 0. The van der Waals surface area contributed by atoms with Crippen LogP contribution in [0.4, 0.5) is 0 Å². The van der Waals surface area contributed by atoms with Crippen molar-refractivity contribution in [2.45, 2.75) is 18.7 Å². The van der Waals surface area contributed by atoms with Gasteiger partial charge in [-0.1, -0.05) is 0 Å². The zero-order chi connectivity index (χ0) is 17.4. The van der Waals surface area contributed by atoms with Crippen LogP contribution in [-0.4, -0.2) is 29.3 Å². The number of hydrogen-bond acceptors (Lipinski definition) is 4. The number of halogens is 2. The second kappa shape index (κ2) is 14.7. The fourth-order valence-corrected chi connectivity index (χ4v) is 2.89. The normalized spacial score (nSPS) is 8.81. The first-order chi connectivity index (χ1) is 11.7. The van der Waals surface area contributed by atoms with E-state index in [0.717, 1.165) is 11.8 Å². The molecule has 2 aromatic rings. The fourth-order valence-electron chi connectivity index (χ4n) is 2.03. The van der Waals surface area contributed by atoms with Crippen molar-refractivity contribution < 1.29 is 63.4 Å². The molecule has 0 radical (unpaired) electrons. The van der Waals surface area contributed by atoms with E-state index in [9.17, 15) is 4.79 Å². The minimum atomic E-state index is -0.0999. The number of nitrogens with zero attached hydrogens (tertiary/aromatic N) is 2. The molecule has 5 nitrogen and oxygen atoms in total. The van der Waals surface area contributed by atoms with E-state index in [4.69, 9.17) is 15.0 Å². The molecule has 0 bridgehead atoms. The largest absolute Gasteiger partial charge is 2.00 e. The van der Waals surface area contributed by atoms with Crippen LogP contribution < -0.4 is 34.3 Å². The summed E-state index contributed by atoms with van der Waals surface area (Å²) in [6.07, 6.45) is 1.31. The Morgan fingerprint density at radius 3 is 2.26 bits per heavy atom. The van der Waals surface area contributed by atoms with Crippen molar-refractivity contribution in [2.24, 2.45) is 0 Å². The number of hydrogen-bond donors (Lipinski definition) is 0. The van der Waals surface area contributed by atoms with Gasteiger partial charge < -0.3 is 39.8 Å². The summed E-state index contributed by atoms with van der Waals surface area (Å²) in [6, 6.07) is 12.3. The smallest absolute Gasteiger partial charge is 1.00 e. The van der Waals surface area contributed by atoms with Crippen LogP contribution in [0.25, 0.3) is 5.53 Å². The molecular weight excluding hydrogens is 461 g/mol. The molecule has 0 amide bonds. The molecule has 0 aliphatic carbocycles. The second-order valence-electron chi connectivity index (χ2n) is 4.73. The van der Waals surface area contributed by atoms with E-state index in [-0.39, 0.29) is 49.4 Å². The average molecular weight is 479 g/mol. The Labute approximate surface area is 188 Å². The van der Waals surface area contributed by atoms with Crippen molar-refractivity contribution in [1.29, 1.82) is 0 Å². The van der Waals surface area contributed by atoms with Gasteiger partial charge in [-0.3, -0.25) is 4.79 Å². The maximum atomic E-state index is 12.5. The van der Waals surface area contributed by atoms with E-state index in [1.165, 1.54) is 6.21 Å². The van der Waals surface area contributed by atoms with Crippen LogP contribution in [0.3, 0.4) is 0 Å². The van der Waals surface area contributed by atoms with Gasteiger partial charge in [0, 0.05) is 5.56 Å². The van der Waals surface area contributed by atoms with E-state index in [2.05, 4.69) is 4.79 Å². The Bertz CT molecular complexity index is 770. The number of carbonyl (C=O) groups excluding carboxylic acids is 1. The Balaban J connectivity index is 0. The van der Waals surface area contributed by atoms with Gasteiger partial charge in [-0.25, -0.2) is 0 Å². The Kier molecular flexibility index (Phi) is 15.1.